The second kappa shape index (κ2) is 11.9. The van der Waals surface area contributed by atoms with Gasteiger partial charge in [0.1, 0.15) is 17.3 Å². The average molecular weight is 477 g/mol. The minimum atomic E-state index is -0.587. The van der Waals surface area contributed by atoms with Gasteiger partial charge in [-0.05, 0) is 47.0 Å². The summed E-state index contributed by atoms with van der Waals surface area (Å²) in [5.74, 6) is -0.905. The van der Waals surface area contributed by atoms with Crippen molar-refractivity contribution in [3.8, 4) is 33.8 Å². The Bertz CT molecular complexity index is 1230. The van der Waals surface area contributed by atoms with E-state index in [9.17, 15) is 14.0 Å². The Hall–Kier alpha value is -4.07. The minimum Gasteiger partial charge on any atom is -0.423 e. The number of carbonyl (C=O) groups excluding carboxylic acids is 2. The molecule has 3 aromatic carbocycles. The van der Waals surface area contributed by atoms with Gasteiger partial charge < -0.3 is 18.9 Å². The van der Waals surface area contributed by atoms with Gasteiger partial charge in [-0.25, -0.2) is 14.0 Å². The molecule has 0 amide bonds. The van der Waals surface area contributed by atoms with Gasteiger partial charge in [-0.2, -0.15) is 0 Å². The molecule has 0 atom stereocenters. The summed E-state index contributed by atoms with van der Waals surface area (Å²) in [5, 5.41) is 0. The molecule has 0 aliphatic rings. The number of hydrogen-bond acceptors (Lipinski definition) is 6. The van der Waals surface area contributed by atoms with Crippen molar-refractivity contribution in [2.24, 2.45) is 0 Å². The largest absolute Gasteiger partial charge is 0.423 e. The van der Waals surface area contributed by atoms with E-state index in [2.05, 4.69) is 13.2 Å². The van der Waals surface area contributed by atoms with Crippen LogP contribution in [0.2, 0.25) is 0 Å². The fraction of sp³-hybridized carbons (Fsp3) is 0.143. The second-order valence-corrected chi connectivity index (χ2v) is 7.60. The van der Waals surface area contributed by atoms with E-state index < -0.39 is 17.8 Å². The summed E-state index contributed by atoms with van der Waals surface area (Å²) < 4.78 is 35.1. The number of hydrogen-bond donors (Lipinski definition) is 0. The van der Waals surface area contributed by atoms with Crippen molar-refractivity contribution < 1.29 is 32.9 Å². The van der Waals surface area contributed by atoms with Gasteiger partial charge in [0, 0.05) is 19.8 Å². The topological polar surface area (TPSA) is 71.1 Å². The van der Waals surface area contributed by atoms with Gasteiger partial charge in [-0.15, -0.1) is 0 Å². The number of methoxy groups -OCH3 is 2. The van der Waals surface area contributed by atoms with E-state index in [4.69, 9.17) is 18.9 Å². The molecule has 0 heterocycles. The van der Waals surface area contributed by atoms with E-state index in [0.29, 0.717) is 28.2 Å². The molecule has 3 rings (SSSR count). The first kappa shape index (κ1) is 25.6. The molecule has 0 bridgehead atoms. The molecule has 0 N–H and O–H groups in total. The van der Waals surface area contributed by atoms with Crippen molar-refractivity contribution in [2.45, 2.75) is 0 Å². The molecule has 6 nitrogen and oxygen atoms in total. The Morgan fingerprint density at radius 3 is 1.54 bits per heavy atom. The molecule has 0 unspecified atom stereocenters. The third kappa shape index (κ3) is 6.72. The van der Waals surface area contributed by atoms with E-state index in [1.54, 1.807) is 60.7 Å². The van der Waals surface area contributed by atoms with E-state index in [1.807, 2.05) is 0 Å². The molecule has 0 fully saturated rings. The Kier molecular flexibility index (Phi) is 8.67. The summed E-state index contributed by atoms with van der Waals surface area (Å²) in [6.07, 6.45) is 0. The summed E-state index contributed by atoms with van der Waals surface area (Å²) in [6, 6.07) is 18.1. The number of esters is 2. The van der Waals surface area contributed by atoms with Crippen LogP contribution < -0.4 is 9.47 Å². The molecule has 0 aliphatic heterocycles. The Balaban J connectivity index is 1.69. The van der Waals surface area contributed by atoms with Crippen molar-refractivity contribution in [3.63, 3.8) is 0 Å². The van der Waals surface area contributed by atoms with E-state index in [0.717, 1.165) is 5.56 Å². The van der Waals surface area contributed by atoms with Crippen molar-refractivity contribution in [1.82, 2.24) is 0 Å². The predicted octanol–water partition coefficient (Wildman–Crippen LogP) is 5.38. The molecule has 0 saturated heterocycles. The molecule has 3 aromatic rings. The fourth-order valence-electron chi connectivity index (χ4n) is 3.17. The van der Waals surface area contributed by atoms with Crippen molar-refractivity contribution in [2.75, 3.05) is 27.4 Å². The monoisotopic (exact) mass is 476 g/mol. The number of rotatable bonds is 10. The maximum absolute atomic E-state index is 14.9. The van der Waals surface area contributed by atoms with Crippen molar-refractivity contribution >= 4 is 11.9 Å². The van der Waals surface area contributed by atoms with Gasteiger partial charge in [-0.3, -0.25) is 0 Å². The lowest BCUT2D eigenvalue weighted by Gasteiger charge is -2.10. The molecular formula is C28H25FO6. The highest BCUT2D eigenvalue weighted by Gasteiger charge is 2.13. The third-order valence-corrected chi connectivity index (χ3v) is 4.96. The lowest BCUT2D eigenvalue weighted by Crippen LogP contribution is -2.13. The first-order valence-corrected chi connectivity index (χ1v) is 10.6. The molecular weight excluding hydrogens is 451 g/mol. The maximum Gasteiger partial charge on any atom is 0.341 e. The highest BCUT2D eigenvalue weighted by atomic mass is 19.1. The molecule has 180 valence electrons. The third-order valence-electron chi connectivity index (χ3n) is 4.96. The van der Waals surface area contributed by atoms with Crippen molar-refractivity contribution in [3.05, 3.63) is 96.9 Å². The molecule has 35 heavy (non-hydrogen) atoms. The van der Waals surface area contributed by atoms with Crippen molar-refractivity contribution in [1.29, 1.82) is 0 Å². The van der Waals surface area contributed by atoms with Crippen LogP contribution in [-0.4, -0.2) is 39.4 Å². The lowest BCUT2D eigenvalue weighted by atomic mass is 9.99. The molecule has 0 aliphatic carbocycles. The fourth-order valence-corrected chi connectivity index (χ4v) is 3.17. The molecule has 0 saturated carbocycles. The van der Waals surface area contributed by atoms with E-state index in [1.165, 1.54) is 20.3 Å². The van der Waals surface area contributed by atoms with Crippen LogP contribution >= 0.6 is 0 Å². The number of benzene rings is 3. The van der Waals surface area contributed by atoms with Gasteiger partial charge in [-0.1, -0.05) is 49.6 Å². The summed E-state index contributed by atoms with van der Waals surface area (Å²) >= 11 is 0. The van der Waals surface area contributed by atoms with Gasteiger partial charge in [0.25, 0.3) is 0 Å². The Morgan fingerprint density at radius 1 is 0.686 bits per heavy atom. The standard InChI is InChI=1S/C28H25FO6/c1-18(16-32-3)27(30)34-23-10-5-20(6-11-23)22-9-14-25(26(29)15-22)21-7-12-24(13-8-21)35-28(31)19(2)17-33-4/h5-15H,1-2,16-17H2,3-4H3. The van der Waals surface area contributed by atoms with Crippen LogP contribution in [-0.2, 0) is 19.1 Å². The first-order chi connectivity index (χ1) is 16.8. The van der Waals surface area contributed by atoms with Crippen LogP contribution in [0.4, 0.5) is 4.39 Å². The van der Waals surface area contributed by atoms with Crippen LogP contribution in [0.25, 0.3) is 22.3 Å². The van der Waals surface area contributed by atoms with Gasteiger partial charge in [0.15, 0.2) is 0 Å². The quantitative estimate of drug-likeness (QED) is 0.222. The maximum atomic E-state index is 14.9. The minimum absolute atomic E-state index is 0.0759. The average Bonchev–Trinajstić information content (AvgIpc) is 2.85. The number of ether oxygens (including phenoxy) is 4. The van der Waals surface area contributed by atoms with E-state index >= 15 is 0 Å². The van der Waals surface area contributed by atoms with Crippen LogP contribution in [0.1, 0.15) is 0 Å². The molecule has 0 aromatic heterocycles. The van der Waals surface area contributed by atoms with Gasteiger partial charge in [0.2, 0.25) is 0 Å². The number of carbonyl (C=O) groups is 2. The zero-order valence-electron chi connectivity index (χ0n) is 19.5. The smallest absolute Gasteiger partial charge is 0.341 e. The van der Waals surface area contributed by atoms with Gasteiger partial charge in [0.05, 0.1) is 24.4 Å². The predicted molar refractivity (Wildman–Crippen MR) is 131 cm³/mol. The number of halogens is 1. The Labute approximate surface area is 203 Å². The highest BCUT2D eigenvalue weighted by Crippen LogP contribution is 2.30. The SMILES string of the molecule is C=C(COC)C(=O)Oc1ccc(-c2ccc(-c3ccc(OC(=O)C(=C)COC)cc3)c(F)c2)cc1. The zero-order valence-corrected chi connectivity index (χ0v) is 19.5. The second-order valence-electron chi connectivity index (χ2n) is 7.60. The van der Waals surface area contributed by atoms with Crippen LogP contribution in [0.5, 0.6) is 11.5 Å². The summed E-state index contributed by atoms with van der Waals surface area (Å²) in [7, 11) is 2.93. The lowest BCUT2D eigenvalue weighted by molar-refractivity contribution is -0.131. The van der Waals surface area contributed by atoms with Crippen LogP contribution in [0.15, 0.2) is 91.0 Å². The summed E-state index contributed by atoms with van der Waals surface area (Å²) in [6.45, 7) is 7.37. The molecule has 7 heteroatoms. The molecule has 0 radical (unpaired) electrons. The van der Waals surface area contributed by atoms with Crippen LogP contribution in [0.3, 0.4) is 0 Å². The zero-order chi connectivity index (χ0) is 25.4. The Morgan fingerprint density at radius 2 is 1.11 bits per heavy atom. The highest BCUT2D eigenvalue weighted by molar-refractivity contribution is 5.90. The van der Waals surface area contributed by atoms with E-state index in [-0.39, 0.29) is 24.4 Å². The molecule has 0 spiro atoms. The van der Waals surface area contributed by atoms with Crippen LogP contribution in [0, 0.1) is 5.82 Å². The summed E-state index contributed by atoms with van der Waals surface area (Å²) in [4.78, 5) is 23.8. The first-order valence-electron chi connectivity index (χ1n) is 10.6. The van der Waals surface area contributed by atoms with Gasteiger partial charge >= 0.3 is 11.9 Å². The normalized spacial score (nSPS) is 10.5. The summed E-state index contributed by atoms with van der Waals surface area (Å²) in [5.41, 5.74) is 2.85.